The number of amides is 1. The molecule has 132 valence electrons. The van der Waals surface area contributed by atoms with E-state index in [1.807, 2.05) is 44.2 Å². The number of nitrogens with zero attached hydrogens (tertiary/aromatic N) is 1. The van der Waals surface area contributed by atoms with Gasteiger partial charge in [-0.15, -0.1) is 0 Å². The molecule has 1 aliphatic heterocycles. The number of piperazine rings is 1. The summed E-state index contributed by atoms with van der Waals surface area (Å²) in [7, 11) is 0. The molecular weight excluding hydrogens is 310 g/mol. The van der Waals surface area contributed by atoms with Crippen LogP contribution in [0.25, 0.3) is 0 Å². The molecule has 1 saturated heterocycles. The molecule has 25 heavy (non-hydrogen) atoms. The van der Waals surface area contributed by atoms with Crippen LogP contribution in [0.3, 0.4) is 0 Å². The number of benzene rings is 2. The molecule has 1 heterocycles. The Hall–Kier alpha value is -2.33. The minimum absolute atomic E-state index is 0.0505. The van der Waals surface area contributed by atoms with Gasteiger partial charge in [-0.1, -0.05) is 17.7 Å². The number of hydrogen-bond donors (Lipinski definition) is 2. The van der Waals surface area contributed by atoms with Gasteiger partial charge in [-0.3, -0.25) is 4.79 Å². The summed E-state index contributed by atoms with van der Waals surface area (Å²) in [5.41, 5.74) is 4.98. The normalized spacial score (nSPS) is 15.2. The van der Waals surface area contributed by atoms with Gasteiger partial charge in [0.05, 0.1) is 32.7 Å². The molecule has 0 bridgehead atoms. The van der Waals surface area contributed by atoms with E-state index in [9.17, 15) is 4.79 Å². The van der Waals surface area contributed by atoms with Crippen molar-refractivity contribution in [1.29, 1.82) is 0 Å². The minimum Gasteiger partial charge on any atom is -0.360 e. The van der Waals surface area contributed by atoms with E-state index >= 15 is 0 Å². The molecule has 0 atom stereocenters. The SMILES string of the molecule is CC[NH+]1CCN(c2ccc(NC(=O)c3ccc(C)cc3C)cc2)CC1. The largest absolute Gasteiger partial charge is 0.360 e. The van der Waals surface area contributed by atoms with Gasteiger partial charge in [-0.25, -0.2) is 0 Å². The van der Waals surface area contributed by atoms with Crippen LogP contribution in [0.5, 0.6) is 0 Å². The Morgan fingerprint density at radius 1 is 1.08 bits per heavy atom. The molecule has 4 nitrogen and oxygen atoms in total. The molecular formula is C21H28N3O+. The van der Waals surface area contributed by atoms with E-state index in [2.05, 4.69) is 29.3 Å². The third-order valence-electron chi connectivity index (χ3n) is 5.09. The number of rotatable bonds is 4. The maximum absolute atomic E-state index is 12.5. The van der Waals surface area contributed by atoms with Gasteiger partial charge < -0.3 is 15.1 Å². The summed E-state index contributed by atoms with van der Waals surface area (Å²) >= 11 is 0. The monoisotopic (exact) mass is 338 g/mol. The van der Waals surface area contributed by atoms with Crippen LogP contribution in [0.15, 0.2) is 42.5 Å². The molecule has 0 saturated carbocycles. The summed E-state index contributed by atoms with van der Waals surface area (Å²) in [4.78, 5) is 16.6. The number of nitrogens with one attached hydrogen (secondary N) is 2. The Morgan fingerprint density at radius 2 is 1.76 bits per heavy atom. The second-order valence-electron chi connectivity index (χ2n) is 6.91. The number of aryl methyl sites for hydroxylation is 2. The molecule has 0 unspecified atom stereocenters. The summed E-state index contributed by atoms with van der Waals surface area (Å²) in [6, 6.07) is 14.1. The van der Waals surface area contributed by atoms with E-state index in [1.165, 1.54) is 30.9 Å². The Morgan fingerprint density at radius 3 is 2.36 bits per heavy atom. The highest BCUT2D eigenvalue weighted by Crippen LogP contribution is 2.19. The van der Waals surface area contributed by atoms with Crippen LogP contribution in [-0.2, 0) is 0 Å². The number of hydrogen-bond acceptors (Lipinski definition) is 2. The van der Waals surface area contributed by atoms with Gasteiger partial charge in [-0.2, -0.15) is 0 Å². The molecule has 1 amide bonds. The number of anilines is 2. The van der Waals surface area contributed by atoms with Crippen LogP contribution < -0.4 is 15.1 Å². The van der Waals surface area contributed by atoms with E-state index in [0.29, 0.717) is 0 Å². The van der Waals surface area contributed by atoms with Crippen LogP contribution in [-0.4, -0.2) is 38.6 Å². The lowest BCUT2D eigenvalue weighted by molar-refractivity contribution is -0.898. The van der Waals surface area contributed by atoms with Crippen molar-refractivity contribution >= 4 is 17.3 Å². The lowest BCUT2D eigenvalue weighted by Gasteiger charge is -2.33. The van der Waals surface area contributed by atoms with Gasteiger partial charge in [0.15, 0.2) is 0 Å². The number of likely N-dealkylation sites (N-methyl/N-ethyl adjacent to an activating group) is 1. The number of carbonyl (C=O) groups is 1. The minimum atomic E-state index is -0.0505. The van der Waals surface area contributed by atoms with Crippen molar-refractivity contribution in [2.45, 2.75) is 20.8 Å². The first-order valence-electron chi connectivity index (χ1n) is 9.14. The van der Waals surface area contributed by atoms with Crippen molar-refractivity contribution in [3.63, 3.8) is 0 Å². The van der Waals surface area contributed by atoms with Crippen molar-refractivity contribution < 1.29 is 9.69 Å². The molecule has 0 spiro atoms. The van der Waals surface area contributed by atoms with Crippen LogP contribution in [0, 0.1) is 13.8 Å². The Bertz CT molecular complexity index is 731. The van der Waals surface area contributed by atoms with Gasteiger partial charge in [0, 0.05) is 16.9 Å². The Labute approximate surface area is 150 Å². The standard InChI is InChI=1S/C21H27N3O/c1-4-23-11-13-24(14-12-23)19-8-6-18(7-9-19)22-21(25)20-10-5-16(2)15-17(20)3/h5-10,15H,4,11-14H2,1-3H3,(H,22,25)/p+1. The maximum Gasteiger partial charge on any atom is 0.255 e. The average Bonchev–Trinajstić information content (AvgIpc) is 2.62. The smallest absolute Gasteiger partial charge is 0.255 e. The second-order valence-corrected chi connectivity index (χ2v) is 6.91. The fourth-order valence-electron chi connectivity index (χ4n) is 3.46. The highest BCUT2D eigenvalue weighted by molar-refractivity contribution is 6.05. The van der Waals surface area contributed by atoms with Gasteiger partial charge in [-0.05, 0) is 56.7 Å². The highest BCUT2D eigenvalue weighted by atomic mass is 16.1. The highest BCUT2D eigenvalue weighted by Gasteiger charge is 2.18. The van der Waals surface area contributed by atoms with Crippen molar-refractivity contribution in [3.8, 4) is 0 Å². The van der Waals surface area contributed by atoms with E-state index in [0.717, 1.165) is 29.9 Å². The van der Waals surface area contributed by atoms with Crippen molar-refractivity contribution in [1.82, 2.24) is 0 Å². The molecule has 2 N–H and O–H groups in total. The van der Waals surface area contributed by atoms with Gasteiger partial charge in [0.2, 0.25) is 0 Å². The first kappa shape index (κ1) is 17.5. The Balaban J connectivity index is 1.63. The average molecular weight is 338 g/mol. The van der Waals surface area contributed by atoms with Crippen LogP contribution >= 0.6 is 0 Å². The molecule has 2 aromatic carbocycles. The van der Waals surface area contributed by atoms with Crippen molar-refractivity contribution in [2.75, 3.05) is 42.9 Å². The molecule has 1 aliphatic rings. The molecule has 0 aromatic heterocycles. The summed E-state index contributed by atoms with van der Waals surface area (Å²) < 4.78 is 0. The predicted octanol–water partition coefficient (Wildman–Crippen LogP) is 2.28. The molecule has 1 fully saturated rings. The third kappa shape index (κ3) is 4.20. The quantitative estimate of drug-likeness (QED) is 0.897. The zero-order valence-electron chi connectivity index (χ0n) is 15.4. The Kier molecular flexibility index (Phi) is 5.39. The fourth-order valence-corrected chi connectivity index (χ4v) is 3.46. The zero-order chi connectivity index (χ0) is 17.8. The molecule has 0 radical (unpaired) electrons. The summed E-state index contributed by atoms with van der Waals surface area (Å²) in [6.07, 6.45) is 0. The van der Waals surface area contributed by atoms with Gasteiger partial charge in [0.25, 0.3) is 5.91 Å². The van der Waals surface area contributed by atoms with Crippen LogP contribution in [0.1, 0.15) is 28.4 Å². The van der Waals surface area contributed by atoms with Crippen molar-refractivity contribution in [3.05, 3.63) is 59.2 Å². The lowest BCUT2D eigenvalue weighted by atomic mass is 10.1. The van der Waals surface area contributed by atoms with Gasteiger partial charge >= 0.3 is 0 Å². The molecule has 3 rings (SSSR count). The zero-order valence-corrected chi connectivity index (χ0v) is 15.4. The van der Waals surface area contributed by atoms with E-state index in [-0.39, 0.29) is 5.91 Å². The second kappa shape index (κ2) is 7.70. The van der Waals surface area contributed by atoms with E-state index in [4.69, 9.17) is 0 Å². The first-order valence-corrected chi connectivity index (χ1v) is 9.14. The topological polar surface area (TPSA) is 36.8 Å². The third-order valence-corrected chi connectivity index (χ3v) is 5.09. The fraction of sp³-hybridized carbons (Fsp3) is 0.381. The van der Waals surface area contributed by atoms with Crippen LogP contribution in [0.4, 0.5) is 11.4 Å². The maximum atomic E-state index is 12.5. The summed E-state index contributed by atoms with van der Waals surface area (Å²) in [5.74, 6) is -0.0505. The number of carbonyl (C=O) groups excluding carboxylic acids is 1. The van der Waals surface area contributed by atoms with E-state index < -0.39 is 0 Å². The summed E-state index contributed by atoms with van der Waals surface area (Å²) in [5, 5.41) is 3.00. The van der Waals surface area contributed by atoms with Gasteiger partial charge in [0.1, 0.15) is 0 Å². The predicted molar refractivity (Wildman–Crippen MR) is 104 cm³/mol. The van der Waals surface area contributed by atoms with Crippen LogP contribution in [0.2, 0.25) is 0 Å². The van der Waals surface area contributed by atoms with E-state index in [1.54, 1.807) is 4.90 Å². The summed E-state index contributed by atoms with van der Waals surface area (Å²) in [6.45, 7) is 12.0. The molecule has 4 heteroatoms. The molecule has 2 aromatic rings. The number of quaternary nitrogens is 1. The molecule has 0 aliphatic carbocycles. The first-order chi connectivity index (χ1) is 12.1. The lowest BCUT2D eigenvalue weighted by Crippen LogP contribution is -3.14. The van der Waals surface area contributed by atoms with Crippen molar-refractivity contribution in [2.24, 2.45) is 0 Å².